The van der Waals surface area contributed by atoms with E-state index in [4.69, 9.17) is 0 Å². The molecule has 0 bridgehead atoms. The fourth-order valence-electron chi connectivity index (χ4n) is 2.01. The maximum atomic E-state index is 11.8. The number of piperidine rings is 1. The largest absolute Gasteiger partial charge is 0.325 e. The van der Waals surface area contributed by atoms with Crippen molar-refractivity contribution in [2.24, 2.45) is 0 Å². The molecular formula is C12H18N2O. The molecule has 0 saturated carbocycles. The summed E-state index contributed by atoms with van der Waals surface area (Å²) in [5.41, 5.74) is 0.957. The molecule has 82 valence electrons. The molecule has 2 rings (SSSR count). The number of rotatable bonds is 2. The van der Waals surface area contributed by atoms with Crippen molar-refractivity contribution >= 4 is 5.91 Å². The Morgan fingerprint density at radius 3 is 3.00 bits per heavy atom. The van der Waals surface area contributed by atoms with Crippen molar-refractivity contribution in [2.45, 2.75) is 38.1 Å². The molecule has 15 heavy (non-hydrogen) atoms. The molecule has 1 aliphatic carbocycles. The summed E-state index contributed by atoms with van der Waals surface area (Å²) < 4.78 is 0. The van der Waals surface area contributed by atoms with Crippen molar-refractivity contribution in [1.29, 1.82) is 0 Å². The van der Waals surface area contributed by atoms with Crippen LogP contribution in [0.2, 0.25) is 0 Å². The molecule has 0 radical (unpaired) electrons. The molecule has 1 amide bonds. The number of hydrogen-bond donors (Lipinski definition) is 2. The van der Waals surface area contributed by atoms with Gasteiger partial charge in [0.2, 0.25) is 5.91 Å². The summed E-state index contributed by atoms with van der Waals surface area (Å²) in [5, 5.41) is 6.21. The van der Waals surface area contributed by atoms with E-state index < -0.39 is 0 Å². The molecule has 0 aromatic carbocycles. The van der Waals surface area contributed by atoms with Crippen LogP contribution >= 0.6 is 0 Å². The molecule has 3 heteroatoms. The van der Waals surface area contributed by atoms with E-state index in [9.17, 15) is 4.79 Å². The third kappa shape index (κ3) is 2.93. The summed E-state index contributed by atoms with van der Waals surface area (Å²) in [6.07, 6.45) is 11.6. The van der Waals surface area contributed by atoms with Crippen molar-refractivity contribution in [2.75, 3.05) is 6.54 Å². The Morgan fingerprint density at radius 1 is 1.40 bits per heavy atom. The lowest BCUT2D eigenvalue weighted by Gasteiger charge is -2.23. The first kappa shape index (κ1) is 10.4. The number of nitrogens with one attached hydrogen (secondary N) is 2. The predicted octanol–water partition coefficient (Wildman–Crippen LogP) is 1.48. The zero-order valence-corrected chi connectivity index (χ0v) is 8.96. The van der Waals surface area contributed by atoms with Gasteiger partial charge in [0, 0.05) is 5.70 Å². The van der Waals surface area contributed by atoms with Crippen molar-refractivity contribution < 1.29 is 4.79 Å². The summed E-state index contributed by atoms with van der Waals surface area (Å²) in [4.78, 5) is 11.8. The Labute approximate surface area is 90.6 Å². The highest BCUT2D eigenvalue weighted by atomic mass is 16.2. The van der Waals surface area contributed by atoms with Crippen LogP contribution in [0.25, 0.3) is 0 Å². The Bertz CT molecular complexity index is 288. The molecule has 1 saturated heterocycles. The molecule has 0 spiro atoms. The second-order valence-electron chi connectivity index (χ2n) is 4.13. The summed E-state index contributed by atoms with van der Waals surface area (Å²) in [7, 11) is 0. The van der Waals surface area contributed by atoms with Gasteiger partial charge in [0.1, 0.15) is 0 Å². The molecule has 1 fully saturated rings. The zero-order valence-electron chi connectivity index (χ0n) is 8.96. The lowest BCUT2D eigenvalue weighted by molar-refractivity contribution is -0.122. The zero-order chi connectivity index (χ0) is 10.5. The number of carbonyl (C=O) groups excluding carboxylic acids is 1. The van der Waals surface area contributed by atoms with E-state index in [1.54, 1.807) is 0 Å². The van der Waals surface area contributed by atoms with Crippen LogP contribution in [0, 0.1) is 0 Å². The van der Waals surface area contributed by atoms with E-state index in [1.807, 2.05) is 6.08 Å². The van der Waals surface area contributed by atoms with Gasteiger partial charge in [-0.15, -0.1) is 0 Å². The minimum absolute atomic E-state index is 0.00924. The highest BCUT2D eigenvalue weighted by Crippen LogP contribution is 2.10. The Hall–Kier alpha value is -1.09. The topological polar surface area (TPSA) is 41.1 Å². The molecule has 1 aliphatic heterocycles. The summed E-state index contributed by atoms with van der Waals surface area (Å²) in [6, 6.07) is 0.00924. The van der Waals surface area contributed by atoms with Crippen LogP contribution in [0.5, 0.6) is 0 Å². The van der Waals surface area contributed by atoms with Crippen LogP contribution in [0.15, 0.2) is 23.9 Å². The highest BCUT2D eigenvalue weighted by molar-refractivity contribution is 5.83. The van der Waals surface area contributed by atoms with Gasteiger partial charge in [-0.2, -0.15) is 0 Å². The predicted molar refractivity (Wildman–Crippen MR) is 60.2 cm³/mol. The lowest BCUT2D eigenvalue weighted by Crippen LogP contribution is -2.46. The minimum Gasteiger partial charge on any atom is -0.325 e. The Morgan fingerprint density at radius 2 is 2.33 bits per heavy atom. The highest BCUT2D eigenvalue weighted by Gasteiger charge is 2.20. The number of allylic oxidation sites excluding steroid dienone is 3. The van der Waals surface area contributed by atoms with Crippen molar-refractivity contribution in [3.8, 4) is 0 Å². The van der Waals surface area contributed by atoms with Crippen molar-refractivity contribution in [3.05, 3.63) is 23.9 Å². The number of hydrogen-bond acceptors (Lipinski definition) is 2. The van der Waals surface area contributed by atoms with Gasteiger partial charge in [-0.25, -0.2) is 0 Å². The van der Waals surface area contributed by atoms with Crippen LogP contribution < -0.4 is 10.6 Å². The molecule has 2 aliphatic rings. The number of amides is 1. The summed E-state index contributed by atoms with van der Waals surface area (Å²) in [6.45, 7) is 0.965. The molecule has 0 aromatic heterocycles. The van der Waals surface area contributed by atoms with E-state index in [-0.39, 0.29) is 11.9 Å². The van der Waals surface area contributed by atoms with Crippen LogP contribution in [0.4, 0.5) is 0 Å². The van der Waals surface area contributed by atoms with Gasteiger partial charge in [0.25, 0.3) is 0 Å². The first-order valence-corrected chi connectivity index (χ1v) is 5.77. The van der Waals surface area contributed by atoms with Crippen LogP contribution in [-0.2, 0) is 4.79 Å². The van der Waals surface area contributed by atoms with Gasteiger partial charge < -0.3 is 10.6 Å². The van der Waals surface area contributed by atoms with Gasteiger partial charge in [-0.05, 0) is 38.3 Å². The Balaban J connectivity index is 1.85. The average molecular weight is 206 g/mol. The van der Waals surface area contributed by atoms with Crippen molar-refractivity contribution in [3.63, 3.8) is 0 Å². The molecular weight excluding hydrogens is 188 g/mol. The molecule has 2 N–H and O–H groups in total. The smallest absolute Gasteiger partial charge is 0.241 e. The Kier molecular flexibility index (Phi) is 3.56. The molecule has 0 aromatic rings. The van der Waals surface area contributed by atoms with E-state index in [2.05, 4.69) is 22.8 Å². The standard InChI is InChI=1S/C12H18N2O/c15-12(11-8-4-5-9-13-11)14-10-6-2-1-3-7-10/h2,6-7,11,13H,1,3-5,8-9H2,(H,14,15)/t11-/m0/s1. The van der Waals surface area contributed by atoms with E-state index in [0.29, 0.717) is 0 Å². The SMILES string of the molecule is O=C(NC1=CCCC=C1)[C@@H]1CCCCN1. The van der Waals surface area contributed by atoms with Gasteiger partial charge in [0.15, 0.2) is 0 Å². The number of carbonyl (C=O) groups is 1. The molecule has 1 heterocycles. The average Bonchev–Trinajstić information content (AvgIpc) is 2.31. The quantitative estimate of drug-likeness (QED) is 0.718. The molecule has 3 nitrogen and oxygen atoms in total. The molecule has 0 unspecified atom stereocenters. The van der Waals surface area contributed by atoms with Gasteiger partial charge >= 0.3 is 0 Å². The normalized spacial score (nSPS) is 25.9. The van der Waals surface area contributed by atoms with Crippen LogP contribution in [0.3, 0.4) is 0 Å². The van der Waals surface area contributed by atoms with Gasteiger partial charge in [0.05, 0.1) is 6.04 Å². The fourth-order valence-corrected chi connectivity index (χ4v) is 2.01. The van der Waals surface area contributed by atoms with Crippen LogP contribution in [0.1, 0.15) is 32.1 Å². The first-order chi connectivity index (χ1) is 7.36. The second-order valence-corrected chi connectivity index (χ2v) is 4.13. The first-order valence-electron chi connectivity index (χ1n) is 5.77. The fraction of sp³-hybridized carbons (Fsp3) is 0.583. The summed E-state index contributed by atoms with van der Waals surface area (Å²) >= 11 is 0. The summed E-state index contributed by atoms with van der Waals surface area (Å²) in [5.74, 6) is 0.118. The molecule has 1 atom stereocenters. The minimum atomic E-state index is 0.00924. The maximum Gasteiger partial charge on any atom is 0.241 e. The van der Waals surface area contributed by atoms with Gasteiger partial charge in [-0.1, -0.05) is 18.6 Å². The third-order valence-corrected chi connectivity index (χ3v) is 2.89. The monoisotopic (exact) mass is 206 g/mol. The second kappa shape index (κ2) is 5.12. The van der Waals surface area contributed by atoms with E-state index >= 15 is 0 Å². The third-order valence-electron chi connectivity index (χ3n) is 2.89. The van der Waals surface area contributed by atoms with E-state index in [0.717, 1.165) is 37.9 Å². The maximum absolute atomic E-state index is 11.8. The van der Waals surface area contributed by atoms with Crippen molar-refractivity contribution in [1.82, 2.24) is 10.6 Å². The van der Waals surface area contributed by atoms with Gasteiger partial charge in [-0.3, -0.25) is 4.79 Å². The van der Waals surface area contributed by atoms with E-state index in [1.165, 1.54) is 6.42 Å². The van der Waals surface area contributed by atoms with Crippen LogP contribution in [-0.4, -0.2) is 18.5 Å². The lowest BCUT2D eigenvalue weighted by atomic mass is 10.0.